The molecule has 0 aromatic heterocycles. The van der Waals surface area contributed by atoms with E-state index in [4.69, 9.17) is 5.11 Å². The first-order valence-corrected chi connectivity index (χ1v) is 5.47. The zero-order valence-electron chi connectivity index (χ0n) is 9.66. The van der Waals surface area contributed by atoms with Gasteiger partial charge in [0.1, 0.15) is 5.82 Å². The Labute approximate surface area is 95.1 Å². The van der Waals surface area contributed by atoms with E-state index in [-0.39, 0.29) is 24.1 Å². The van der Waals surface area contributed by atoms with Crippen LogP contribution in [-0.2, 0) is 0 Å². The molecule has 0 saturated heterocycles. The summed E-state index contributed by atoms with van der Waals surface area (Å²) in [6.07, 6.45) is 1.41. The molecule has 0 spiro atoms. The Morgan fingerprint density at radius 1 is 1.50 bits per heavy atom. The minimum atomic E-state index is -0.323. The van der Waals surface area contributed by atoms with Crippen LogP contribution >= 0.6 is 0 Å². The first-order chi connectivity index (χ1) is 7.56. The predicted octanol–water partition coefficient (Wildman–Crippen LogP) is 2.90. The van der Waals surface area contributed by atoms with Gasteiger partial charge in [0.2, 0.25) is 0 Å². The number of aliphatic hydroxyl groups excluding tert-OH is 1. The first-order valence-electron chi connectivity index (χ1n) is 5.47. The normalized spacial score (nSPS) is 12.5. The highest BCUT2D eigenvalue weighted by Gasteiger charge is 2.14. The molecule has 0 radical (unpaired) electrons. The molecular formula is C13H17FO2. The van der Waals surface area contributed by atoms with Crippen LogP contribution in [-0.4, -0.2) is 17.5 Å². The van der Waals surface area contributed by atoms with Crippen LogP contribution in [0.3, 0.4) is 0 Å². The molecule has 1 atom stereocenters. The number of hydrogen-bond donors (Lipinski definition) is 1. The fourth-order valence-electron chi connectivity index (χ4n) is 1.81. The first kappa shape index (κ1) is 12.8. The summed E-state index contributed by atoms with van der Waals surface area (Å²) in [7, 11) is 0. The van der Waals surface area contributed by atoms with E-state index in [1.807, 2.05) is 6.92 Å². The molecule has 0 aliphatic rings. The van der Waals surface area contributed by atoms with Gasteiger partial charge >= 0.3 is 0 Å². The second kappa shape index (κ2) is 5.75. The van der Waals surface area contributed by atoms with Gasteiger partial charge in [-0.15, -0.1) is 0 Å². The maximum Gasteiger partial charge on any atom is 0.160 e. The third-order valence-electron chi connectivity index (χ3n) is 2.72. The molecule has 1 aromatic rings. The minimum Gasteiger partial charge on any atom is -0.396 e. The molecule has 88 valence electrons. The van der Waals surface area contributed by atoms with Crippen LogP contribution < -0.4 is 0 Å². The molecule has 0 aliphatic heterocycles. The maximum atomic E-state index is 13.1. The molecule has 0 amide bonds. The number of hydrogen-bond acceptors (Lipinski definition) is 2. The number of ketones is 1. The number of aliphatic hydroxyl groups is 1. The molecule has 0 unspecified atom stereocenters. The van der Waals surface area contributed by atoms with Crippen molar-refractivity contribution in [1.82, 2.24) is 0 Å². The molecule has 3 heteroatoms. The van der Waals surface area contributed by atoms with E-state index in [1.165, 1.54) is 25.1 Å². The lowest BCUT2D eigenvalue weighted by Gasteiger charge is -2.14. The summed E-state index contributed by atoms with van der Waals surface area (Å²) < 4.78 is 13.1. The molecule has 16 heavy (non-hydrogen) atoms. The Bertz CT molecular complexity index is 374. The Morgan fingerprint density at radius 2 is 2.19 bits per heavy atom. The van der Waals surface area contributed by atoms with Gasteiger partial charge in [-0.2, -0.15) is 0 Å². The quantitative estimate of drug-likeness (QED) is 0.781. The van der Waals surface area contributed by atoms with E-state index in [1.54, 1.807) is 0 Å². The van der Waals surface area contributed by atoms with E-state index < -0.39 is 0 Å². The van der Waals surface area contributed by atoms with E-state index in [0.717, 1.165) is 12.0 Å². The summed E-state index contributed by atoms with van der Waals surface area (Å²) in [6.45, 7) is 3.54. The minimum absolute atomic E-state index is 0.0501. The molecule has 0 aliphatic carbocycles. The van der Waals surface area contributed by atoms with Gasteiger partial charge in [-0.25, -0.2) is 4.39 Å². The van der Waals surface area contributed by atoms with Crippen molar-refractivity contribution >= 4 is 5.78 Å². The van der Waals surface area contributed by atoms with Gasteiger partial charge < -0.3 is 5.11 Å². The SMILES string of the molecule is CC(=O)c1ccc(F)cc1[C@@H](C)CCCO. The molecule has 1 aromatic carbocycles. The number of carbonyl (C=O) groups is 1. The van der Waals surface area contributed by atoms with Crippen molar-refractivity contribution in [3.63, 3.8) is 0 Å². The second-order valence-corrected chi connectivity index (χ2v) is 4.05. The van der Waals surface area contributed by atoms with E-state index >= 15 is 0 Å². The van der Waals surface area contributed by atoms with Crippen LogP contribution in [0.1, 0.15) is 48.5 Å². The smallest absolute Gasteiger partial charge is 0.160 e. The van der Waals surface area contributed by atoms with Crippen LogP contribution in [0.5, 0.6) is 0 Å². The topological polar surface area (TPSA) is 37.3 Å². The van der Waals surface area contributed by atoms with Crippen LogP contribution in [0.4, 0.5) is 4.39 Å². The third-order valence-corrected chi connectivity index (χ3v) is 2.72. The lowest BCUT2D eigenvalue weighted by atomic mass is 9.90. The number of benzene rings is 1. The van der Waals surface area contributed by atoms with Crippen molar-refractivity contribution in [2.24, 2.45) is 0 Å². The zero-order valence-corrected chi connectivity index (χ0v) is 9.66. The average molecular weight is 224 g/mol. The summed E-state index contributed by atoms with van der Waals surface area (Å²) in [5.41, 5.74) is 1.31. The largest absolute Gasteiger partial charge is 0.396 e. The number of halogens is 1. The van der Waals surface area contributed by atoms with Gasteiger partial charge in [0.05, 0.1) is 0 Å². The van der Waals surface area contributed by atoms with Gasteiger partial charge in [0, 0.05) is 12.2 Å². The summed E-state index contributed by atoms with van der Waals surface area (Å²) in [6, 6.07) is 4.25. The van der Waals surface area contributed by atoms with Crippen molar-refractivity contribution in [3.8, 4) is 0 Å². The van der Waals surface area contributed by atoms with Crippen LogP contribution in [0.15, 0.2) is 18.2 Å². The summed E-state index contributed by atoms with van der Waals surface area (Å²) in [5.74, 6) is -0.288. The molecule has 0 heterocycles. The van der Waals surface area contributed by atoms with Crippen molar-refractivity contribution < 1.29 is 14.3 Å². The van der Waals surface area contributed by atoms with Crippen molar-refractivity contribution in [2.75, 3.05) is 6.61 Å². The van der Waals surface area contributed by atoms with E-state index in [0.29, 0.717) is 12.0 Å². The Kier molecular flexibility index (Phi) is 4.62. The lowest BCUT2D eigenvalue weighted by Crippen LogP contribution is -2.05. The van der Waals surface area contributed by atoms with E-state index in [2.05, 4.69) is 0 Å². The maximum absolute atomic E-state index is 13.1. The monoisotopic (exact) mass is 224 g/mol. The number of rotatable bonds is 5. The summed E-state index contributed by atoms with van der Waals surface area (Å²) in [4.78, 5) is 11.4. The molecule has 1 rings (SSSR count). The molecule has 1 N–H and O–H groups in total. The highest BCUT2D eigenvalue weighted by molar-refractivity contribution is 5.95. The Morgan fingerprint density at radius 3 is 2.75 bits per heavy atom. The van der Waals surface area contributed by atoms with Gasteiger partial charge in [-0.3, -0.25) is 4.79 Å². The number of carbonyl (C=O) groups excluding carboxylic acids is 1. The standard InChI is InChI=1S/C13H17FO2/c1-9(4-3-7-15)13-8-11(14)5-6-12(13)10(2)16/h5-6,8-9,15H,3-4,7H2,1-2H3/t9-/m0/s1. The zero-order chi connectivity index (χ0) is 12.1. The average Bonchev–Trinajstić information content (AvgIpc) is 2.25. The van der Waals surface area contributed by atoms with E-state index in [9.17, 15) is 9.18 Å². The summed E-state index contributed by atoms with van der Waals surface area (Å²) in [5, 5.41) is 8.75. The third kappa shape index (κ3) is 3.14. The van der Waals surface area contributed by atoms with Crippen LogP contribution in [0, 0.1) is 5.82 Å². The molecule has 0 fully saturated rings. The Balaban J connectivity index is 2.99. The van der Waals surface area contributed by atoms with Gasteiger partial charge in [0.15, 0.2) is 5.78 Å². The fraction of sp³-hybridized carbons (Fsp3) is 0.462. The molecule has 2 nitrogen and oxygen atoms in total. The van der Waals surface area contributed by atoms with Crippen LogP contribution in [0.25, 0.3) is 0 Å². The van der Waals surface area contributed by atoms with Crippen molar-refractivity contribution in [1.29, 1.82) is 0 Å². The van der Waals surface area contributed by atoms with Crippen molar-refractivity contribution in [2.45, 2.75) is 32.6 Å². The second-order valence-electron chi connectivity index (χ2n) is 4.05. The van der Waals surface area contributed by atoms with Gasteiger partial charge in [0.25, 0.3) is 0 Å². The van der Waals surface area contributed by atoms with Crippen LogP contribution in [0.2, 0.25) is 0 Å². The fourth-order valence-corrected chi connectivity index (χ4v) is 1.81. The molecule has 0 bridgehead atoms. The van der Waals surface area contributed by atoms with Crippen molar-refractivity contribution in [3.05, 3.63) is 35.1 Å². The Hall–Kier alpha value is -1.22. The molecule has 0 saturated carbocycles. The lowest BCUT2D eigenvalue weighted by molar-refractivity contribution is 0.101. The summed E-state index contributed by atoms with van der Waals surface area (Å²) >= 11 is 0. The number of Topliss-reactive ketones (excluding diaryl/α,β-unsaturated/α-hetero) is 1. The van der Waals surface area contributed by atoms with Gasteiger partial charge in [-0.1, -0.05) is 6.92 Å². The molecular weight excluding hydrogens is 207 g/mol. The van der Waals surface area contributed by atoms with Gasteiger partial charge in [-0.05, 0) is 49.4 Å². The highest BCUT2D eigenvalue weighted by atomic mass is 19.1. The highest BCUT2D eigenvalue weighted by Crippen LogP contribution is 2.25. The predicted molar refractivity (Wildman–Crippen MR) is 61.1 cm³/mol.